The van der Waals surface area contributed by atoms with Gasteiger partial charge in [0.2, 0.25) is 11.8 Å². The Bertz CT molecular complexity index is 505. The van der Waals surface area contributed by atoms with E-state index >= 15 is 0 Å². The van der Waals surface area contributed by atoms with Crippen LogP contribution in [-0.2, 0) is 14.3 Å². The van der Waals surface area contributed by atoms with Crippen LogP contribution in [0.25, 0.3) is 0 Å². The van der Waals surface area contributed by atoms with Crippen molar-refractivity contribution in [3.05, 3.63) is 23.9 Å². The Morgan fingerprint density at radius 3 is 2.95 bits per heavy atom. The van der Waals surface area contributed by atoms with E-state index in [4.69, 9.17) is 9.47 Å². The number of amides is 1. The number of likely N-dealkylation sites (N-methyl/N-ethyl adjacent to an activating group) is 1. The number of methoxy groups -OCH3 is 1. The topological polar surface area (TPSA) is 89.0 Å². The number of carbonyl (C=O) groups is 2. The first kappa shape index (κ1) is 13.3. The number of pyridine rings is 1. The van der Waals surface area contributed by atoms with E-state index in [2.05, 4.69) is 4.98 Å². The predicted octanol–water partition coefficient (Wildman–Crippen LogP) is 0.0731. The number of hydrogen-bond donors (Lipinski definition) is 1. The summed E-state index contributed by atoms with van der Waals surface area (Å²) in [5, 5.41) is 9.18. The summed E-state index contributed by atoms with van der Waals surface area (Å²) in [7, 11) is 3.00. The number of aliphatic carboxylic acids is 1. The van der Waals surface area contributed by atoms with Gasteiger partial charge in [0, 0.05) is 13.1 Å². The summed E-state index contributed by atoms with van der Waals surface area (Å²) >= 11 is 0. The smallest absolute Gasteiger partial charge is 0.335 e. The van der Waals surface area contributed by atoms with Gasteiger partial charge in [-0.15, -0.1) is 0 Å². The molecule has 1 fully saturated rings. The van der Waals surface area contributed by atoms with Crippen LogP contribution >= 0.6 is 0 Å². The second-order valence-electron chi connectivity index (χ2n) is 4.12. The van der Waals surface area contributed by atoms with Gasteiger partial charge in [0.25, 0.3) is 0 Å². The van der Waals surface area contributed by atoms with E-state index in [1.54, 1.807) is 18.2 Å². The van der Waals surface area contributed by atoms with Crippen molar-refractivity contribution in [3.63, 3.8) is 0 Å². The fourth-order valence-corrected chi connectivity index (χ4v) is 1.98. The Balaban J connectivity index is 2.40. The fraction of sp³-hybridized carbons (Fsp3) is 0.417. The highest BCUT2D eigenvalue weighted by molar-refractivity contribution is 5.82. The number of carboxylic acid groups (broad SMARTS) is 1. The lowest BCUT2D eigenvalue weighted by molar-refractivity contribution is -0.171. The number of hydrogen-bond acceptors (Lipinski definition) is 5. The second-order valence-corrected chi connectivity index (χ2v) is 4.12. The van der Waals surface area contributed by atoms with Crippen LogP contribution in [0.2, 0.25) is 0 Å². The quantitative estimate of drug-likeness (QED) is 0.833. The van der Waals surface area contributed by atoms with Crippen molar-refractivity contribution in [2.75, 3.05) is 20.8 Å². The van der Waals surface area contributed by atoms with Crippen molar-refractivity contribution in [2.24, 2.45) is 0 Å². The molecule has 1 aliphatic heterocycles. The van der Waals surface area contributed by atoms with Crippen molar-refractivity contribution in [1.82, 2.24) is 9.88 Å². The molecule has 19 heavy (non-hydrogen) atoms. The van der Waals surface area contributed by atoms with Crippen LogP contribution in [0, 0.1) is 0 Å². The Labute approximate surface area is 109 Å². The lowest BCUT2D eigenvalue weighted by Gasteiger charge is -2.36. The summed E-state index contributed by atoms with van der Waals surface area (Å²) in [5.41, 5.74) is 0.419. The van der Waals surface area contributed by atoms with Crippen molar-refractivity contribution < 1.29 is 24.2 Å². The van der Waals surface area contributed by atoms with Gasteiger partial charge in [0.05, 0.1) is 12.8 Å². The van der Waals surface area contributed by atoms with Crippen LogP contribution in [0.1, 0.15) is 11.7 Å². The molecular weight excluding hydrogens is 252 g/mol. The first-order valence-electron chi connectivity index (χ1n) is 5.65. The molecule has 0 aliphatic carbocycles. The van der Waals surface area contributed by atoms with Crippen LogP contribution in [-0.4, -0.2) is 53.7 Å². The van der Waals surface area contributed by atoms with Crippen LogP contribution in [0.15, 0.2) is 18.2 Å². The molecule has 0 saturated carbocycles. The molecule has 7 heteroatoms. The summed E-state index contributed by atoms with van der Waals surface area (Å²) in [6.45, 7) is -0.242. The maximum absolute atomic E-state index is 11.6. The van der Waals surface area contributed by atoms with Gasteiger partial charge in [-0.1, -0.05) is 6.07 Å². The minimum absolute atomic E-state index is 0.242. The SMILES string of the molecule is COc1cccc(C2C(C(=O)O)OCC(=O)N2C)n1. The van der Waals surface area contributed by atoms with E-state index < -0.39 is 18.1 Å². The van der Waals surface area contributed by atoms with Crippen molar-refractivity contribution in [1.29, 1.82) is 0 Å². The molecule has 1 aliphatic rings. The lowest BCUT2D eigenvalue weighted by Crippen LogP contribution is -2.50. The lowest BCUT2D eigenvalue weighted by atomic mass is 10.0. The largest absolute Gasteiger partial charge is 0.481 e. The molecule has 0 radical (unpaired) electrons. The summed E-state index contributed by atoms with van der Waals surface area (Å²) in [4.78, 5) is 28.4. The highest BCUT2D eigenvalue weighted by Crippen LogP contribution is 2.28. The molecule has 0 spiro atoms. The third-order valence-corrected chi connectivity index (χ3v) is 2.98. The number of carbonyl (C=O) groups excluding carboxylic acids is 1. The summed E-state index contributed by atoms with van der Waals surface area (Å²) in [6.07, 6.45) is -1.14. The molecule has 0 bridgehead atoms. The summed E-state index contributed by atoms with van der Waals surface area (Å²) in [6, 6.07) is 4.20. The molecule has 7 nitrogen and oxygen atoms in total. The molecule has 1 amide bonds. The van der Waals surface area contributed by atoms with Crippen molar-refractivity contribution in [3.8, 4) is 5.88 Å². The Hall–Kier alpha value is -2.15. The molecular formula is C12H14N2O5. The average molecular weight is 266 g/mol. The van der Waals surface area contributed by atoms with Gasteiger partial charge < -0.3 is 19.5 Å². The van der Waals surface area contributed by atoms with E-state index in [-0.39, 0.29) is 12.5 Å². The Morgan fingerprint density at radius 1 is 1.58 bits per heavy atom. The van der Waals surface area contributed by atoms with Crippen LogP contribution in [0.4, 0.5) is 0 Å². The van der Waals surface area contributed by atoms with Crippen molar-refractivity contribution in [2.45, 2.75) is 12.1 Å². The molecule has 1 saturated heterocycles. The number of morpholine rings is 1. The number of nitrogens with zero attached hydrogens (tertiary/aromatic N) is 2. The molecule has 0 aromatic carbocycles. The zero-order valence-electron chi connectivity index (χ0n) is 10.6. The minimum Gasteiger partial charge on any atom is -0.481 e. The molecule has 2 heterocycles. The Morgan fingerprint density at radius 2 is 2.32 bits per heavy atom. The highest BCUT2D eigenvalue weighted by atomic mass is 16.5. The number of aromatic nitrogens is 1. The molecule has 1 aromatic heterocycles. The standard InChI is InChI=1S/C12H14N2O5/c1-14-9(15)6-19-11(12(16)17)10(14)7-4-3-5-8(13-7)18-2/h3-5,10-11H,6H2,1-2H3,(H,16,17). The zero-order valence-corrected chi connectivity index (χ0v) is 10.6. The van der Waals surface area contributed by atoms with Crippen LogP contribution < -0.4 is 4.74 Å². The van der Waals surface area contributed by atoms with Gasteiger partial charge in [0.15, 0.2) is 6.10 Å². The highest BCUT2D eigenvalue weighted by Gasteiger charge is 2.41. The first-order chi connectivity index (χ1) is 9.04. The maximum Gasteiger partial charge on any atom is 0.335 e. The third kappa shape index (κ3) is 2.50. The van der Waals surface area contributed by atoms with Gasteiger partial charge in [-0.2, -0.15) is 0 Å². The van der Waals surface area contributed by atoms with Gasteiger partial charge in [-0.3, -0.25) is 4.79 Å². The molecule has 2 unspecified atom stereocenters. The van der Waals surface area contributed by atoms with E-state index in [1.807, 2.05) is 0 Å². The third-order valence-electron chi connectivity index (χ3n) is 2.98. The van der Waals surface area contributed by atoms with Gasteiger partial charge >= 0.3 is 5.97 Å². The number of carboxylic acids is 1. The van der Waals surface area contributed by atoms with E-state index in [0.29, 0.717) is 11.6 Å². The van der Waals surface area contributed by atoms with Crippen LogP contribution in [0.5, 0.6) is 5.88 Å². The van der Waals surface area contributed by atoms with E-state index in [1.165, 1.54) is 19.1 Å². The van der Waals surface area contributed by atoms with Gasteiger partial charge in [-0.25, -0.2) is 9.78 Å². The van der Waals surface area contributed by atoms with Gasteiger partial charge in [-0.05, 0) is 6.07 Å². The Kier molecular flexibility index (Phi) is 3.66. The monoisotopic (exact) mass is 266 g/mol. The summed E-state index contributed by atoms with van der Waals surface area (Å²) < 4.78 is 10.1. The zero-order chi connectivity index (χ0) is 14.0. The molecule has 1 aromatic rings. The van der Waals surface area contributed by atoms with E-state index in [0.717, 1.165) is 0 Å². The minimum atomic E-state index is -1.14. The molecule has 102 valence electrons. The predicted molar refractivity (Wildman–Crippen MR) is 63.7 cm³/mol. The number of rotatable bonds is 3. The second kappa shape index (κ2) is 5.23. The average Bonchev–Trinajstić information content (AvgIpc) is 2.41. The first-order valence-corrected chi connectivity index (χ1v) is 5.65. The van der Waals surface area contributed by atoms with Gasteiger partial charge in [0.1, 0.15) is 12.6 Å². The summed E-state index contributed by atoms with van der Waals surface area (Å²) in [5.74, 6) is -1.06. The molecule has 2 atom stereocenters. The molecule has 2 rings (SSSR count). The van der Waals surface area contributed by atoms with E-state index in [9.17, 15) is 14.7 Å². The normalized spacial score (nSPS) is 23.3. The maximum atomic E-state index is 11.6. The fourth-order valence-electron chi connectivity index (χ4n) is 1.98. The molecule has 1 N–H and O–H groups in total. The number of ether oxygens (including phenoxy) is 2. The van der Waals surface area contributed by atoms with Crippen LogP contribution in [0.3, 0.4) is 0 Å². The van der Waals surface area contributed by atoms with Crippen molar-refractivity contribution >= 4 is 11.9 Å².